The summed E-state index contributed by atoms with van der Waals surface area (Å²) < 4.78 is 33.7. The summed E-state index contributed by atoms with van der Waals surface area (Å²) in [5.41, 5.74) is 2.84. The monoisotopic (exact) mass is 468 g/mol. The third-order valence-electron chi connectivity index (χ3n) is 7.91. The van der Waals surface area contributed by atoms with Gasteiger partial charge in [0.25, 0.3) is 0 Å². The number of likely N-dealkylation sites (tertiary alicyclic amines) is 1. The zero-order valence-corrected chi connectivity index (χ0v) is 20.3. The molecule has 1 spiro atoms. The van der Waals surface area contributed by atoms with Crippen LogP contribution in [0.2, 0.25) is 0 Å². The lowest BCUT2D eigenvalue weighted by molar-refractivity contribution is -0.0141. The quantitative estimate of drug-likeness (QED) is 0.622. The van der Waals surface area contributed by atoms with Crippen LogP contribution in [0.15, 0.2) is 60.7 Å². The first-order valence-electron chi connectivity index (χ1n) is 12.4. The minimum absolute atomic E-state index is 0.0641. The van der Waals surface area contributed by atoms with Gasteiger partial charge in [-0.15, -0.1) is 0 Å². The van der Waals surface area contributed by atoms with Crippen molar-refractivity contribution >= 4 is 10.0 Å². The lowest BCUT2D eigenvalue weighted by Crippen LogP contribution is -2.48. The van der Waals surface area contributed by atoms with Crippen LogP contribution in [-0.2, 0) is 21.3 Å². The highest BCUT2D eigenvalue weighted by atomic mass is 32.2. The molecule has 2 saturated carbocycles. The summed E-state index contributed by atoms with van der Waals surface area (Å²) >= 11 is 0. The first-order valence-corrected chi connectivity index (χ1v) is 14.3. The number of hydrogen-bond donors (Lipinski definition) is 1. The second kappa shape index (κ2) is 9.49. The minimum Gasteiger partial charge on any atom is -0.377 e. The molecule has 0 amide bonds. The van der Waals surface area contributed by atoms with E-state index in [2.05, 4.69) is 64.2 Å². The van der Waals surface area contributed by atoms with Gasteiger partial charge >= 0.3 is 0 Å². The van der Waals surface area contributed by atoms with Gasteiger partial charge in [0.05, 0.1) is 25.0 Å². The van der Waals surface area contributed by atoms with Crippen LogP contribution in [0.3, 0.4) is 0 Å². The van der Waals surface area contributed by atoms with Gasteiger partial charge in [0.2, 0.25) is 10.0 Å². The molecule has 5 rings (SSSR count). The Labute approximate surface area is 198 Å². The average molecular weight is 469 g/mol. The second-order valence-electron chi connectivity index (χ2n) is 10.3. The lowest BCUT2D eigenvalue weighted by atomic mass is 9.83. The van der Waals surface area contributed by atoms with E-state index in [1.807, 2.05) is 6.07 Å². The first-order chi connectivity index (χ1) is 15.9. The fourth-order valence-corrected chi connectivity index (χ4v) is 6.85. The molecular weight excluding hydrogens is 432 g/mol. The van der Waals surface area contributed by atoms with E-state index >= 15 is 0 Å². The number of nitrogens with zero attached hydrogens (tertiary/aromatic N) is 1. The Morgan fingerprint density at radius 2 is 1.61 bits per heavy atom. The van der Waals surface area contributed by atoms with Crippen molar-refractivity contribution in [3.05, 3.63) is 71.8 Å². The number of nitrogens with one attached hydrogen (secondary N) is 1. The van der Waals surface area contributed by atoms with Crippen molar-refractivity contribution in [2.45, 2.75) is 81.1 Å². The summed E-state index contributed by atoms with van der Waals surface area (Å²) in [6.07, 6.45) is 9.14. The predicted molar refractivity (Wildman–Crippen MR) is 132 cm³/mol. The Balaban J connectivity index is 1.25. The molecule has 1 N–H and O–H groups in total. The van der Waals surface area contributed by atoms with E-state index in [1.54, 1.807) is 0 Å². The number of sulfonamides is 1. The molecule has 33 heavy (non-hydrogen) atoms. The van der Waals surface area contributed by atoms with E-state index in [0.29, 0.717) is 12.5 Å². The summed E-state index contributed by atoms with van der Waals surface area (Å²) in [5.74, 6) is 0.626. The van der Waals surface area contributed by atoms with Crippen molar-refractivity contribution in [1.82, 2.24) is 9.62 Å². The lowest BCUT2D eigenvalue weighted by Gasteiger charge is -2.34. The van der Waals surface area contributed by atoms with Crippen LogP contribution < -0.4 is 4.72 Å². The first kappa shape index (κ1) is 23.0. The minimum atomic E-state index is -3.27. The average Bonchev–Trinajstić information content (AvgIpc) is 3.53. The summed E-state index contributed by atoms with van der Waals surface area (Å²) in [6.45, 7) is 1.43. The Bertz CT molecular complexity index is 1020. The predicted octanol–water partition coefficient (Wildman–Crippen LogP) is 4.45. The van der Waals surface area contributed by atoms with Gasteiger partial charge in [-0.25, -0.2) is 13.1 Å². The Kier molecular flexibility index (Phi) is 6.62. The van der Waals surface area contributed by atoms with E-state index in [1.165, 1.54) is 17.4 Å². The number of benzene rings is 2. The van der Waals surface area contributed by atoms with Crippen LogP contribution in [0, 0.1) is 0 Å². The van der Waals surface area contributed by atoms with E-state index in [0.717, 1.165) is 51.5 Å². The molecule has 0 aromatic heterocycles. The highest BCUT2D eigenvalue weighted by Gasteiger charge is 2.58. The van der Waals surface area contributed by atoms with Crippen molar-refractivity contribution in [3.8, 4) is 0 Å². The molecule has 2 aromatic rings. The maximum Gasteiger partial charge on any atom is 0.209 e. The van der Waals surface area contributed by atoms with Crippen LogP contribution in [0.5, 0.6) is 0 Å². The zero-order chi connectivity index (χ0) is 22.9. The van der Waals surface area contributed by atoms with Gasteiger partial charge in [0.15, 0.2) is 0 Å². The zero-order valence-electron chi connectivity index (χ0n) is 19.5. The fourth-order valence-electron chi connectivity index (χ4n) is 6.06. The molecule has 0 unspecified atom stereocenters. The smallest absolute Gasteiger partial charge is 0.209 e. The van der Waals surface area contributed by atoms with Gasteiger partial charge in [-0.05, 0) is 62.0 Å². The summed E-state index contributed by atoms with van der Waals surface area (Å²) in [5, 5.41) is 0. The third-order valence-corrected chi connectivity index (χ3v) is 8.64. The van der Waals surface area contributed by atoms with Crippen molar-refractivity contribution in [1.29, 1.82) is 0 Å². The Morgan fingerprint density at radius 3 is 2.21 bits per heavy atom. The molecule has 0 bridgehead atoms. The topological polar surface area (TPSA) is 58.6 Å². The molecular formula is C27H36N2O3S. The van der Waals surface area contributed by atoms with Crippen LogP contribution in [0.25, 0.3) is 0 Å². The maximum atomic E-state index is 12.1. The molecule has 1 saturated heterocycles. The third kappa shape index (κ3) is 5.51. The van der Waals surface area contributed by atoms with Gasteiger partial charge in [0.1, 0.15) is 0 Å². The number of rotatable bonds is 8. The molecule has 5 nitrogen and oxygen atoms in total. The number of ether oxygens (including phenoxy) is 1. The molecule has 2 aliphatic carbocycles. The summed E-state index contributed by atoms with van der Waals surface area (Å²) in [6, 6.07) is 21.3. The SMILES string of the molecule is CS(=O)(=O)N[C@H]1CC2(CC2)N(Cc2ccccc2)[C@H]1CO[C@H]1CC[C@@H](c2ccccc2)CC1. The highest BCUT2D eigenvalue weighted by molar-refractivity contribution is 7.88. The highest BCUT2D eigenvalue weighted by Crippen LogP contribution is 2.52. The summed E-state index contributed by atoms with van der Waals surface area (Å²) in [4.78, 5) is 2.54. The van der Waals surface area contributed by atoms with Gasteiger partial charge in [-0.1, -0.05) is 60.7 Å². The largest absolute Gasteiger partial charge is 0.377 e. The van der Waals surface area contributed by atoms with Gasteiger partial charge in [-0.2, -0.15) is 0 Å². The van der Waals surface area contributed by atoms with Gasteiger partial charge in [-0.3, -0.25) is 4.90 Å². The molecule has 178 valence electrons. The van der Waals surface area contributed by atoms with E-state index in [4.69, 9.17) is 4.74 Å². The van der Waals surface area contributed by atoms with Crippen LogP contribution in [-0.4, -0.2) is 49.9 Å². The second-order valence-corrected chi connectivity index (χ2v) is 12.1. The molecule has 1 heterocycles. The molecule has 6 heteroatoms. The molecule has 3 fully saturated rings. The van der Waals surface area contributed by atoms with Crippen molar-refractivity contribution < 1.29 is 13.2 Å². The maximum absolute atomic E-state index is 12.1. The van der Waals surface area contributed by atoms with Crippen molar-refractivity contribution in [2.24, 2.45) is 0 Å². The normalized spacial score (nSPS) is 29.4. The summed E-state index contributed by atoms with van der Waals surface area (Å²) in [7, 11) is -3.27. The van der Waals surface area contributed by atoms with Crippen molar-refractivity contribution in [3.63, 3.8) is 0 Å². The fraction of sp³-hybridized carbons (Fsp3) is 0.556. The van der Waals surface area contributed by atoms with E-state index in [9.17, 15) is 8.42 Å². The Morgan fingerprint density at radius 1 is 0.970 bits per heavy atom. The van der Waals surface area contributed by atoms with E-state index < -0.39 is 10.0 Å². The molecule has 0 radical (unpaired) electrons. The molecule has 2 atom stereocenters. The van der Waals surface area contributed by atoms with E-state index in [-0.39, 0.29) is 23.7 Å². The number of hydrogen-bond acceptors (Lipinski definition) is 4. The van der Waals surface area contributed by atoms with Crippen LogP contribution >= 0.6 is 0 Å². The molecule has 1 aliphatic heterocycles. The standard InChI is InChI=1S/C27H36N2O3S/c1-33(30,31)28-25-18-27(16-17-27)29(19-21-8-4-2-5-9-21)26(25)20-32-24-14-12-23(13-15-24)22-10-6-3-7-11-22/h2-11,23-26,28H,12-20H2,1H3/t23-,24+,25-,26-/m0/s1. The van der Waals surface area contributed by atoms with Crippen molar-refractivity contribution in [2.75, 3.05) is 12.9 Å². The van der Waals surface area contributed by atoms with Crippen LogP contribution in [0.4, 0.5) is 0 Å². The van der Waals surface area contributed by atoms with Gasteiger partial charge in [0, 0.05) is 18.1 Å². The van der Waals surface area contributed by atoms with Crippen LogP contribution in [0.1, 0.15) is 62.0 Å². The molecule has 2 aromatic carbocycles. The molecule has 3 aliphatic rings. The van der Waals surface area contributed by atoms with Gasteiger partial charge < -0.3 is 4.74 Å². The Hall–Kier alpha value is -1.73.